The van der Waals surface area contributed by atoms with Gasteiger partial charge in [-0.3, -0.25) is 9.59 Å². The smallest absolute Gasteiger partial charge is 0.220 e. The molecule has 5 heteroatoms. The van der Waals surface area contributed by atoms with Crippen molar-refractivity contribution in [3.8, 4) is 0 Å². The van der Waals surface area contributed by atoms with Gasteiger partial charge in [0.25, 0.3) is 0 Å². The van der Waals surface area contributed by atoms with Crippen LogP contribution in [0.25, 0.3) is 0 Å². The molecule has 2 amide bonds. The number of benzene rings is 1. The standard InChI is InChI=1S/C19H28N2O3/c1-14-5-7-15(8-6-14)3-2-4-19(23)21-17(13-18(20)22)16-9-11-24-12-10-16/h5-8,16-17H,2-4,9-13H2,1H3,(H2,20,22)(H,21,23)/t17-/m0/s1. The van der Waals surface area contributed by atoms with Gasteiger partial charge in [-0.1, -0.05) is 29.8 Å². The fraction of sp³-hybridized carbons (Fsp3) is 0.579. The summed E-state index contributed by atoms with van der Waals surface area (Å²) < 4.78 is 5.35. The number of hydrogen-bond donors (Lipinski definition) is 2. The van der Waals surface area contributed by atoms with Crippen molar-refractivity contribution in [2.24, 2.45) is 11.7 Å². The summed E-state index contributed by atoms with van der Waals surface area (Å²) in [6, 6.07) is 8.21. The lowest BCUT2D eigenvalue weighted by atomic mass is 9.89. The third-order valence-electron chi connectivity index (χ3n) is 4.59. The van der Waals surface area contributed by atoms with Crippen molar-refractivity contribution in [1.82, 2.24) is 5.32 Å². The van der Waals surface area contributed by atoms with Gasteiger partial charge in [0.1, 0.15) is 0 Å². The second-order valence-corrected chi connectivity index (χ2v) is 6.63. The van der Waals surface area contributed by atoms with E-state index >= 15 is 0 Å². The van der Waals surface area contributed by atoms with E-state index in [-0.39, 0.29) is 30.2 Å². The Labute approximate surface area is 143 Å². The Morgan fingerprint density at radius 1 is 1.25 bits per heavy atom. The van der Waals surface area contributed by atoms with E-state index in [9.17, 15) is 9.59 Å². The minimum absolute atomic E-state index is 0.000136. The first-order valence-electron chi connectivity index (χ1n) is 8.75. The molecule has 2 rings (SSSR count). The van der Waals surface area contributed by atoms with Gasteiger partial charge in [-0.25, -0.2) is 0 Å². The molecule has 0 radical (unpaired) electrons. The molecule has 1 aromatic carbocycles. The van der Waals surface area contributed by atoms with Crippen LogP contribution in [0.2, 0.25) is 0 Å². The summed E-state index contributed by atoms with van der Waals surface area (Å²) in [5.74, 6) is -0.0985. The lowest BCUT2D eigenvalue weighted by Gasteiger charge is -2.30. The van der Waals surface area contributed by atoms with Crippen molar-refractivity contribution in [1.29, 1.82) is 0 Å². The molecular weight excluding hydrogens is 304 g/mol. The molecule has 1 aliphatic heterocycles. The first-order chi connectivity index (χ1) is 11.5. The van der Waals surface area contributed by atoms with Crippen molar-refractivity contribution in [2.75, 3.05) is 13.2 Å². The lowest BCUT2D eigenvalue weighted by molar-refractivity contribution is -0.123. The predicted octanol–water partition coefficient (Wildman–Crippen LogP) is 2.10. The van der Waals surface area contributed by atoms with Crippen LogP contribution < -0.4 is 11.1 Å². The van der Waals surface area contributed by atoms with E-state index in [1.165, 1.54) is 11.1 Å². The van der Waals surface area contributed by atoms with E-state index in [1.54, 1.807) is 0 Å². The van der Waals surface area contributed by atoms with Crippen molar-refractivity contribution in [3.05, 3.63) is 35.4 Å². The normalized spacial score (nSPS) is 16.5. The van der Waals surface area contributed by atoms with Crippen LogP contribution in [0.1, 0.15) is 43.2 Å². The molecule has 0 bridgehead atoms. The van der Waals surface area contributed by atoms with Crippen LogP contribution in [0.15, 0.2) is 24.3 Å². The summed E-state index contributed by atoms with van der Waals surface area (Å²) in [5, 5.41) is 3.02. The summed E-state index contributed by atoms with van der Waals surface area (Å²) in [6.07, 6.45) is 4.07. The monoisotopic (exact) mass is 332 g/mol. The van der Waals surface area contributed by atoms with E-state index in [1.807, 2.05) is 0 Å². The highest BCUT2D eigenvalue weighted by molar-refractivity contribution is 5.78. The number of carbonyl (C=O) groups is 2. The summed E-state index contributed by atoms with van der Waals surface area (Å²) in [4.78, 5) is 23.5. The number of ether oxygens (including phenoxy) is 1. The zero-order chi connectivity index (χ0) is 17.4. The van der Waals surface area contributed by atoms with Crippen LogP contribution in [0.4, 0.5) is 0 Å². The van der Waals surface area contributed by atoms with Crippen LogP contribution in [0.5, 0.6) is 0 Å². The quantitative estimate of drug-likeness (QED) is 0.765. The fourth-order valence-corrected chi connectivity index (χ4v) is 3.16. The van der Waals surface area contributed by atoms with Crippen molar-refractivity contribution in [3.63, 3.8) is 0 Å². The third-order valence-corrected chi connectivity index (χ3v) is 4.59. The largest absolute Gasteiger partial charge is 0.381 e. The molecular formula is C19H28N2O3. The number of nitrogens with two attached hydrogens (primary N) is 1. The maximum Gasteiger partial charge on any atom is 0.220 e. The fourth-order valence-electron chi connectivity index (χ4n) is 3.16. The van der Waals surface area contributed by atoms with Gasteiger partial charge in [0.05, 0.1) is 0 Å². The Balaban J connectivity index is 1.78. The average Bonchev–Trinajstić information content (AvgIpc) is 2.56. The van der Waals surface area contributed by atoms with Crippen LogP contribution in [0, 0.1) is 12.8 Å². The number of amides is 2. The molecule has 0 unspecified atom stereocenters. The Morgan fingerprint density at radius 3 is 2.54 bits per heavy atom. The topological polar surface area (TPSA) is 81.4 Å². The molecule has 3 N–H and O–H groups in total. The van der Waals surface area contributed by atoms with E-state index in [4.69, 9.17) is 10.5 Å². The Bertz CT molecular complexity index is 536. The zero-order valence-corrected chi connectivity index (χ0v) is 14.4. The van der Waals surface area contributed by atoms with Gasteiger partial charge in [-0.05, 0) is 44.1 Å². The first kappa shape index (κ1) is 18.5. The lowest BCUT2D eigenvalue weighted by Crippen LogP contribution is -2.44. The number of rotatable bonds is 8. The van der Waals surface area contributed by atoms with Gasteiger partial charge in [-0.2, -0.15) is 0 Å². The van der Waals surface area contributed by atoms with Crippen LogP contribution in [-0.4, -0.2) is 31.1 Å². The van der Waals surface area contributed by atoms with Gasteiger partial charge in [-0.15, -0.1) is 0 Å². The molecule has 0 aromatic heterocycles. The van der Waals surface area contributed by atoms with Gasteiger partial charge in [0.2, 0.25) is 11.8 Å². The molecule has 0 aliphatic carbocycles. The Hall–Kier alpha value is -1.88. The molecule has 0 saturated carbocycles. The summed E-state index contributed by atoms with van der Waals surface area (Å²) in [5.41, 5.74) is 7.82. The molecule has 24 heavy (non-hydrogen) atoms. The molecule has 1 saturated heterocycles. The number of primary amides is 1. The number of hydrogen-bond acceptors (Lipinski definition) is 3. The van der Waals surface area contributed by atoms with Gasteiger partial charge in [0.15, 0.2) is 0 Å². The maximum absolute atomic E-state index is 12.2. The van der Waals surface area contributed by atoms with E-state index < -0.39 is 0 Å². The van der Waals surface area contributed by atoms with Gasteiger partial charge < -0.3 is 15.8 Å². The van der Waals surface area contributed by atoms with Gasteiger partial charge >= 0.3 is 0 Å². The predicted molar refractivity (Wildman–Crippen MR) is 93.4 cm³/mol. The molecule has 132 valence electrons. The summed E-state index contributed by atoms with van der Waals surface area (Å²) in [7, 11) is 0. The Morgan fingerprint density at radius 2 is 1.92 bits per heavy atom. The highest BCUT2D eigenvalue weighted by atomic mass is 16.5. The minimum Gasteiger partial charge on any atom is -0.381 e. The first-order valence-corrected chi connectivity index (χ1v) is 8.75. The number of aryl methyl sites for hydroxylation is 2. The third kappa shape index (κ3) is 6.32. The number of carbonyl (C=O) groups excluding carboxylic acids is 2. The van der Waals surface area contributed by atoms with Crippen molar-refractivity contribution in [2.45, 2.75) is 51.5 Å². The van der Waals surface area contributed by atoms with E-state index in [2.05, 4.69) is 36.5 Å². The number of nitrogens with one attached hydrogen (secondary N) is 1. The highest BCUT2D eigenvalue weighted by Gasteiger charge is 2.26. The highest BCUT2D eigenvalue weighted by Crippen LogP contribution is 2.21. The van der Waals surface area contributed by atoms with Crippen molar-refractivity contribution < 1.29 is 14.3 Å². The molecule has 1 atom stereocenters. The van der Waals surface area contributed by atoms with Crippen LogP contribution >= 0.6 is 0 Å². The van der Waals surface area contributed by atoms with Gasteiger partial charge in [0, 0.05) is 32.1 Å². The second-order valence-electron chi connectivity index (χ2n) is 6.63. The van der Waals surface area contributed by atoms with E-state index in [0.29, 0.717) is 19.6 Å². The average molecular weight is 332 g/mol. The molecule has 1 aromatic rings. The second kappa shape index (κ2) is 9.42. The molecule has 1 heterocycles. The summed E-state index contributed by atoms with van der Waals surface area (Å²) in [6.45, 7) is 3.43. The minimum atomic E-state index is -0.369. The zero-order valence-electron chi connectivity index (χ0n) is 14.4. The Kier molecular flexibility index (Phi) is 7.25. The SMILES string of the molecule is Cc1ccc(CCCC(=O)N[C@@H](CC(N)=O)C2CCOCC2)cc1. The molecule has 1 aliphatic rings. The van der Waals surface area contributed by atoms with Crippen LogP contribution in [-0.2, 0) is 20.7 Å². The maximum atomic E-state index is 12.2. The van der Waals surface area contributed by atoms with E-state index in [0.717, 1.165) is 25.7 Å². The summed E-state index contributed by atoms with van der Waals surface area (Å²) >= 11 is 0. The van der Waals surface area contributed by atoms with Crippen LogP contribution in [0.3, 0.4) is 0 Å². The van der Waals surface area contributed by atoms with Crippen molar-refractivity contribution >= 4 is 11.8 Å². The molecule has 5 nitrogen and oxygen atoms in total. The molecule has 1 fully saturated rings. The molecule has 0 spiro atoms.